The third-order valence-corrected chi connectivity index (χ3v) is 3.94. The summed E-state index contributed by atoms with van der Waals surface area (Å²) in [5, 5.41) is 0. The van der Waals surface area contributed by atoms with Gasteiger partial charge in [0.1, 0.15) is 5.82 Å². The molecular formula is C14H24N4. The van der Waals surface area contributed by atoms with Gasteiger partial charge in [0.05, 0.1) is 0 Å². The molecule has 4 nitrogen and oxygen atoms in total. The van der Waals surface area contributed by atoms with Gasteiger partial charge in [-0.05, 0) is 32.0 Å². The first-order valence-corrected chi connectivity index (χ1v) is 6.81. The second-order valence-electron chi connectivity index (χ2n) is 5.06. The van der Waals surface area contributed by atoms with Crippen LogP contribution in [0.15, 0.2) is 12.3 Å². The Kier molecular flexibility index (Phi) is 4.19. The lowest BCUT2D eigenvalue weighted by molar-refractivity contribution is 0.199. The van der Waals surface area contributed by atoms with E-state index in [1.807, 2.05) is 12.3 Å². The maximum atomic E-state index is 5.87. The fourth-order valence-electron chi connectivity index (χ4n) is 2.76. The standard InChI is InChI=1S/C14H24N4/c1-4-17-7-8-18(10-12(17)3)14-13(9-15)11(2)5-6-16-14/h5-6,12H,4,7-10,15H2,1-3H3. The van der Waals surface area contributed by atoms with Crippen LogP contribution in [-0.2, 0) is 6.54 Å². The van der Waals surface area contributed by atoms with E-state index in [1.54, 1.807) is 0 Å². The Morgan fingerprint density at radius 3 is 2.83 bits per heavy atom. The zero-order valence-electron chi connectivity index (χ0n) is 11.7. The number of anilines is 1. The van der Waals surface area contributed by atoms with Gasteiger partial charge in [-0.15, -0.1) is 0 Å². The average Bonchev–Trinajstić information content (AvgIpc) is 2.38. The van der Waals surface area contributed by atoms with E-state index in [0.29, 0.717) is 12.6 Å². The van der Waals surface area contributed by atoms with Crippen LogP contribution in [0.1, 0.15) is 25.0 Å². The van der Waals surface area contributed by atoms with Crippen LogP contribution in [-0.4, -0.2) is 42.1 Å². The van der Waals surface area contributed by atoms with Crippen molar-refractivity contribution < 1.29 is 0 Å². The van der Waals surface area contributed by atoms with Crippen molar-refractivity contribution in [2.24, 2.45) is 5.73 Å². The second-order valence-corrected chi connectivity index (χ2v) is 5.06. The number of rotatable bonds is 3. The first-order chi connectivity index (χ1) is 8.67. The molecule has 0 aliphatic carbocycles. The van der Waals surface area contributed by atoms with Gasteiger partial charge in [0, 0.05) is 44.0 Å². The lowest BCUT2D eigenvalue weighted by Crippen LogP contribution is -2.52. The fraction of sp³-hybridized carbons (Fsp3) is 0.643. The van der Waals surface area contributed by atoms with Crippen LogP contribution in [0, 0.1) is 6.92 Å². The molecule has 1 atom stereocenters. The quantitative estimate of drug-likeness (QED) is 0.878. The van der Waals surface area contributed by atoms with E-state index in [-0.39, 0.29) is 0 Å². The normalized spacial score (nSPS) is 21.3. The highest BCUT2D eigenvalue weighted by Crippen LogP contribution is 2.23. The molecule has 0 aromatic carbocycles. The zero-order valence-corrected chi connectivity index (χ0v) is 11.7. The minimum absolute atomic E-state index is 0.567. The summed E-state index contributed by atoms with van der Waals surface area (Å²) >= 11 is 0. The maximum Gasteiger partial charge on any atom is 0.133 e. The molecule has 1 unspecified atom stereocenters. The van der Waals surface area contributed by atoms with Crippen LogP contribution in [0.3, 0.4) is 0 Å². The van der Waals surface area contributed by atoms with Gasteiger partial charge in [-0.2, -0.15) is 0 Å². The van der Waals surface area contributed by atoms with Crippen molar-refractivity contribution in [3.05, 3.63) is 23.4 Å². The summed E-state index contributed by atoms with van der Waals surface area (Å²) in [6.07, 6.45) is 1.89. The van der Waals surface area contributed by atoms with Gasteiger partial charge in [0.25, 0.3) is 0 Å². The monoisotopic (exact) mass is 248 g/mol. The number of pyridine rings is 1. The van der Waals surface area contributed by atoms with E-state index >= 15 is 0 Å². The number of aromatic nitrogens is 1. The van der Waals surface area contributed by atoms with E-state index in [0.717, 1.165) is 32.0 Å². The molecule has 100 valence electrons. The molecule has 0 radical (unpaired) electrons. The van der Waals surface area contributed by atoms with Crippen molar-refractivity contribution >= 4 is 5.82 Å². The van der Waals surface area contributed by atoms with Crippen LogP contribution in [0.5, 0.6) is 0 Å². The van der Waals surface area contributed by atoms with Gasteiger partial charge in [0.2, 0.25) is 0 Å². The summed E-state index contributed by atoms with van der Waals surface area (Å²) in [4.78, 5) is 9.44. The molecule has 1 aromatic heterocycles. The third-order valence-electron chi connectivity index (χ3n) is 3.94. The predicted molar refractivity (Wildman–Crippen MR) is 75.8 cm³/mol. The number of likely N-dealkylation sites (N-methyl/N-ethyl adjacent to an activating group) is 1. The Balaban J connectivity index is 2.20. The largest absolute Gasteiger partial charge is 0.354 e. The molecule has 18 heavy (non-hydrogen) atoms. The average molecular weight is 248 g/mol. The highest BCUT2D eigenvalue weighted by molar-refractivity contribution is 5.50. The van der Waals surface area contributed by atoms with E-state index in [9.17, 15) is 0 Å². The predicted octanol–water partition coefficient (Wildman–Crippen LogP) is 1.38. The van der Waals surface area contributed by atoms with Crippen molar-refractivity contribution in [3.8, 4) is 0 Å². The Labute approximate surface area is 110 Å². The molecular weight excluding hydrogens is 224 g/mol. The van der Waals surface area contributed by atoms with E-state index < -0.39 is 0 Å². The minimum Gasteiger partial charge on any atom is -0.354 e. The van der Waals surface area contributed by atoms with Crippen molar-refractivity contribution in [2.45, 2.75) is 33.4 Å². The second kappa shape index (κ2) is 5.67. The Morgan fingerprint density at radius 2 is 2.22 bits per heavy atom. The number of hydrogen-bond donors (Lipinski definition) is 1. The summed E-state index contributed by atoms with van der Waals surface area (Å²) in [6, 6.07) is 2.62. The number of nitrogens with zero attached hydrogens (tertiary/aromatic N) is 3. The molecule has 0 amide bonds. The Bertz CT molecular complexity index is 405. The summed E-state index contributed by atoms with van der Waals surface area (Å²) in [6.45, 7) is 11.5. The molecule has 2 heterocycles. The smallest absolute Gasteiger partial charge is 0.133 e. The Hall–Kier alpha value is -1.13. The van der Waals surface area contributed by atoms with Crippen molar-refractivity contribution in [1.82, 2.24) is 9.88 Å². The summed E-state index contributed by atoms with van der Waals surface area (Å²) < 4.78 is 0. The highest BCUT2D eigenvalue weighted by Gasteiger charge is 2.24. The van der Waals surface area contributed by atoms with Crippen LogP contribution in [0.25, 0.3) is 0 Å². The molecule has 1 aliphatic heterocycles. The topological polar surface area (TPSA) is 45.4 Å². The van der Waals surface area contributed by atoms with Crippen LogP contribution >= 0.6 is 0 Å². The molecule has 2 rings (SSSR count). The fourth-order valence-corrected chi connectivity index (χ4v) is 2.76. The first kappa shape index (κ1) is 13.3. The van der Waals surface area contributed by atoms with Crippen LogP contribution in [0.4, 0.5) is 5.82 Å². The lowest BCUT2D eigenvalue weighted by atomic mass is 10.1. The summed E-state index contributed by atoms with van der Waals surface area (Å²) in [7, 11) is 0. The molecule has 1 aliphatic rings. The van der Waals surface area contributed by atoms with Gasteiger partial charge in [-0.1, -0.05) is 6.92 Å². The van der Waals surface area contributed by atoms with Gasteiger partial charge >= 0.3 is 0 Å². The Morgan fingerprint density at radius 1 is 1.44 bits per heavy atom. The van der Waals surface area contributed by atoms with E-state index in [4.69, 9.17) is 5.73 Å². The molecule has 4 heteroatoms. The van der Waals surface area contributed by atoms with Gasteiger partial charge in [-0.25, -0.2) is 4.98 Å². The van der Waals surface area contributed by atoms with Gasteiger partial charge in [-0.3, -0.25) is 4.90 Å². The van der Waals surface area contributed by atoms with Crippen molar-refractivity contribution in [2.75, 3.05) is 31.1 Å². The number of hydrogen-bond acceptors (Lipinski definition) is 4. The molecule has 0 spiro atoms. The van der Waals surface area contributed by atoms with Crippen molar-refractivity contribution in [1.29, 1.82) is 0 Å². The molecule has 2 N–H and O–H groups in total. The SMILES string of the molecule is CCN1CCN(c2nccc(C)c2CN)CC1C. The van der Waals surface area contributed by atoms with Crippen LogP contribution < -0.4 is 10.6 Å². The molecule has 0 bridgehead atoms. The van der Waals surface area contributed by atoms with Gasteiger partial charge < -0.3 is 10.6 Å². The number of aryl methyl sites for hydroxylation is 1. The van der Waals surface area contributed by atoms with Gasteiger partial charge in [0.15, 0.2) is 0 Å². The first-order valence-electron chi connectivity index (χ1n) is 6.81. The molecule has 0 saturated carbocycles. The van der Waals surface area contributed by atoms with Crippen molar-refractivity contribution in [3.63, 3.8) is 0 Å². The third kappa shape index (κ3) is 2.49. The maximum absolute atomic E-state index is 5.87. The minimum atomic E-state index is 0.567. The zero-order chi connectivity index (χ0) is 13.1. The van der Waals surface area contributed by atoms with E-state index in [2.05, 4.69) is 35.6 Å². The summed E-state index contributed by atoms with van der Waals surface area (Å²) in [5.74, 6) is 1.08. The highest BCUT2D eigenvalue weighted by atomic mass is 15.3. The lowest BCUT2D eigenvalue weighted by Gasteiger charge is -2.40. The number of nitrogens with two attached hydrogens (primary N) is 1. The van der Waals surface area contributed by atoms with E-state index in [1.165, 1.54) is 11.1 Å². The molecule has 1 aromatic rings. The molecule has 1 fully saturated rings. The molecule has 1 saturated heterocycles. The van der Waals surface area contributed by atoms with Crippen LogP contribution in [0.2, 0.25) is 0 Å². The number of piperazine rings is 1. The summed E-state index contributed by atoms with van der Waals surface area (Å²) in [5.41, 5.74) is 8.30.